The van der Waals surface area contributed by atoms with Gasteiger partial charge >= 0.3 is 0 Å². The first-order valence-electron chi connectivity index (χ1n) is 11.3. The van der Waals surface area contributed by atoms with Crippen molar-refractivity contribution in [2.45, 2.75) is 81.1 Å². The van der Waals surface area contributed by atoms with E-state index in [1.54, 1.807) is 0 Å². The third-order valence-corrected chi connectivity index (χ3v) is 4.72. The Labute approximate surface area is 184 Å². The number of anilines is 1. The van der Waals surface area contributed by atoms with E-state index in [0.29, 0.717) is 18.8 Å². The lowest BCUT2D eigenvalue weighted by molar-refractivity contribution is -0.126. The average Bonchev–Trinajstić information content (AvgIpc) is 3.08. The van der Waals surface area contributed by atoms with Gasteiger partial charge in [-0.05, 0) is 42.5 Å². The van der Waals surface area contributed by atoms with E-state index in [9.17, 15) is 9.59 Å². The molecule has 0 N–H and O–H groups in total. The summed E-state index contributed by atoms with van der Waals surface area (Å²) in [5.41, 5.74) is 4.46. The van der Waals surface area contributed by atoms with Crippen molar-refractivity contribution >= 4 is 17.5 Å². The molecule has 0 aromatic heterocycles. The largest absolute Gasteiger partial charge is 0.274 e. The van der Waals surface area contributed by atoms with Crippen molar-refractivity contribution in [2.24, 2.45) is 5.92 Å². The van der Waals surface area contributed by atoms with Crippen molar-refractivity contribution in [2.75, 3.05) is 4.90 Å². The number of hydrogen-bond donors (Lipinski definition) is 0. The van der Waals surface area contributed by atoms with Crippen LogP contribution in [0.3, 0.4) is 0 Å². The van der Waals surface area contributed by atoms with Crippen molar-refractivity contribution in [3.05, 3.63) is 65.2 Å². The fourth-order valence-corrected chi connectivity index (χ4v) is 2.72. The highest BCUT2D eigenvalue weighted by Gasteiger charge is 2.31. The minimum atomic E-state index is -0.0977. The number of para-hydroxylation sites is 1. The summed E-state index contributed by atoms with van der Waals surface area (Å²) in [5, 5.41) is 0. The maximum atomic E-state index is 12.1. The molecular formula is C27H41NO2. The summed E-state index contributed by atoms with van der Waals surface area (Å²) in [7, 11) is 0. The van der Waals surface area contributed by atoms with Crippen LogP contribution in [0.25, 0.3) is 0 Å². The number of carbonyl (C=O) groups is 2. The van der Waals surface area contributed by atoms with Crippen LogP contribution >= 0.6 is 0 Å². The van der Waals surface area contributed by atoms with Gasteiger partial charge < -0.3 is 0 Å². The molecule has 2 amide bonds. The number of aryl methyl sites for hydroxylation is 2. The first-order valence-corrected chi connectivity index (χ1v) is 11.3. The molecule has 3 rings (SSSR count). The molecule has 1 heterocycles. The zero-order chi connectivity index (χ0) is 23.1. The van der Waals surface area contributed by atoms with E-state index in [4.69, 9.17) is 0 Å². The summed E-state index contributed by atoms with van der Waals surface area (Å²) in [5.74, 6) is 0.150. The molecule has 1 unspecified atom stereocenters. The zero-order valence-electron chi connectivity index (χ0n) is 20.3. The van der Waals surface area contributed by atoms with E-state index in [2.05, 4.69) is 58.9 Å². The van der Waals surface area contributed by atoms with Gasteiger partial charge in [-0.1, -0.05) is 96.8 Å². The lowest BCUT2D eigenvalue weighted by Crippen LogP contribution is -2.34. The van der Waals surface area contributed by atoms with Gasteiger partial charge in [0.2, 0.25) is 11.8 Å². The van der Waals surface area contributed by atoms with E-state index in [0.717, 1.165) is 17.7 Å². The minimum absolute atomic E-state index is 0.0747. The van der Waals surface area contributed by atoms with E-state index in [1.807, 2.05) is 45.0 Å². The summed E-state index contributed by atoms with van der Waals surface area (Å²) < 4.78 is 0. The minimum Gasteiger partial charge on any atom is -0.274 e. The van der Waals surface area contributed by atoms with E-state index in [1.165, 1.54) is 22.4 Å². The van der Waals surface area contributed by atoms with Gasteiger partial charge in [-0.25, -0.2) is 4.90 Å². The number of nitrogens with zero attached hydrogens (tertiary/aromatic N) is 1. The fraction of sp³-hybridized carbons (Fsp3) is 0.481. The number of hydrogen-bond acceptors (Lipinski definition) is 2. The highest BCUT2D eigenvalue weighted by atomic mass is 16.2. The molecule has 3 nitrogen and oxygen atoms in total. The molecule has 1 aliphatic heterocycles. The van der Waals surface area contributed by atoms with Crippen LogP contribution in [-0.4, -0.2) is 11.8 Å². The van der Waals surface area contributed by atoms with Gasteiger partial charge in [0.05, 0.1) is 12.1 Å². The van der Waals surface area contributed by atoms with Crippen molar-refractivity contribution in [3.8, 4) is 0 Å². The van der Waals surface area contributed by atoms with Gasteiger partial charge in [0, 0.05) is 6.42 Å². The zero-order valence-corrected chi connectivity index (χ0v) is 20.3. The molecule has 0 aliphatic carbocycles. The van der Waals surface area contributed by atoms with Crippen LogP contribution < -0.4 is 4.90 Å². The van der Waals surface area contributed by atoms with Gasteiger partial charge in [-0.2, -0.15) is 0 Å². The molecule has 3 heteroatoms. The summed E-state index contributed by atoms with van der Waals surface area (Å²) in [6, 6.07) is 15.9. The maximum Gasteiger partial charge on any atom is 0.238 e. The van der Waals surface area contributed by atoms with Gasteiger partial charge in [0.15, 0.2) is 0 Å². The second kappa shape index (κ2) is 15.4. The molecule has 0 saturated carbocycles. The van der Waals surface area contributed by atoms with Crippen LogP contribution in [0.5, 0.6) is 0 Å². The maximum absolute atomic E-state index is 12.1. The Morgan fingerprint density at radius 3 is 1.87 bits per heavy atom. The molecular weight excluding hydrogens is 370 g/mol. The van der Waals surface area contributed by atoms with Crippen LogP contribution in [0.1, 0.15) is 77.5 Å². The predicted octanol–water partition coefficient (Wildman–Crippen LogP) is 7.28. The Balaban J connectivity index is 0.000000539. The first-order chi connectivity index (χ1) is 14.3. The van der Waals surface area contributed by atoms with E-state index in [-0.39, 0.29) is 11.8 Å². The molecule has 0 fully saturated rings. The molecule has 2 aromatic carbocycles. The highest BCUT2D eigenvalue weighted by molar-refractivity contribution is 6.19. The standard InChI is InChI=1S/C14H17NO2.C8H10.C3H8.C2H6/c1-3-10(2)8-13(16)15-12-7-5-4-6-11(12)9-14(15)17;1-7-5-3-4-6-8(7)2;1-3-2;1-2/h4-7,10H,3,8-9H2,1-2H3;3-6H,1-2H3;3H2,1-2H3;1-2H3. The van der Waals surface area contributed by atoms with Crippen LogP contribution in [0, 0.1) is 19.8 Å². The van der Waals surface area contributed by atoms with Gasteiger partial charge in [-0.15, -0.1) is 0 Å². The van der Waals surface area contributed by atoms with Crippen molar-refractivity contribution < 1.29 is 9.59 Å². The lowest BCUT2D eigenvalue weighted by atomic mass is 10.0. The van der Waals surface area contributed by atoms with E-state index < -0.39 is 0 Å². The third kappa shape index (κ3) is 8.94. The van der Waals surface area contributed by atoms with Crippen LogP contribution in [0.4, 0.5) is 5.69 Å². The topological polar surface area (TPSA) is 37.4 Å². The second-order valence-electron chi connectivity index (χ2n) is 7.44. The molecule has 1 atom stereocenters. The Bertz CT molecular complexity index is 746. The number of carbonyl (C=O) groups excluding carboxylic acids is 2. The lowest BCUT2D eigenvalue weighted by Gasteiger charge is -2.17. The number of benzene rings is 2. The second-order valence-corrected chi connectivity index (χ2v) is 7.44. The third-order valence-electron chi connectivity index (χ3n) is 4.72. The SMILES string of the molecule is CC.CCC.CCC(C)CC(=O)N1C(=O)Cc2ccccc21.Cc1ccccc1C. The normalized spacial score (nSPS) is 12.3. The monoisotopic (exact) mass is 411 g/mol. The number of amides is 2. The molecule has 30 heavy (non-hydrogen) atoms. The Morgan fingerprint density at radius 1 is 0.933 bits per heavy atom. The molecule has 1 aliphatic rings. The van der Waals surface area contributed by atoms with Crippen molar-refractivity contribution in [3.63, 3.8) is 0 Å². The average molecular weight is 412 g/mol. The van der Waals surface area contributed by atoms with Crippen LogP contribution in [0.15, 0.2) is 48.5 Å². The Kier molecular flexibility index (Phi) is 14.2. The van der Waals surface area contributed by atoms with E-state index >= 15 is 0 Å². The number of fused-ring (bicyclic) bond motifs is 1. The summed E-state index contributed by atoms with van der Waals surface area (Å²) in [6.45, 7) is 16.6. The Morgan fingerprint density at radius 2 is 1.40 bits per heavy atom. The quantitative estimate of drug-likeness (QED) is 0.532. The molecule has 0 saturated heterocycles. The summed E-state index contributed by atoms with van der Waals surface area (Å²) >= 11 is 0. The molecule has 166 valence electrons. The van der Waals surface area contributed by atoms with Crippen LogP contribution in [0.2, 0.25) is 0 Å². The van der Waals surface area contributed by atoms with Gasteiger partial charge in [0.1, 0.15) is 0 Å². The predicted molar refractivity (Wildman–Crippen MR) is 130 cm³/mol. The van der Waals surface area contributed by atoms with Crippen LogP contribution in [-0.2, 0) is 16.0 Å². The number of imide groups is 1. The fourth-order valence-electron chi connectivity index (χ4n) is 2.72. The van der Waals surface area contributed by atoms with Crippen molar-refractivity contribution in [1.82, 2.24) is 0 Å². The smallest absolute Gasteiger partial charge is 0.238 e. The first kappa shape index (κ1) is 27.6. The molecule has 0 spiro atoms. The van der Waals surface area contributed by atoms with Crippen molar-refractivity contribution in [1.29, 1.82) is 0 Å². The molecule has 2 aromatic rings. The molecule has 0 bridgehead atoms. The number of rotatable bonds is 3. The van der Waals surface area contributed by atoms with Gasteiger partial charge in [0.25, 0.3) is 0 Å². The summed E-state index contributed by atoms with van der Waals surface area (Å²) in [4.78, 5) is 25.3. The van der Waals surface area contributed by atoms with Gasteiger partial charge in [-0.3, -0.25) is 9.59 Å². The molecule has 0 radical (unpaired) electrons. The summed E-state index contributed by atoms with van der Waals surface area (Å²) in [6.07, 6.45) is 2.99. The Hall–Kier alpha value is -2.42. The highest BCUT2D eigenvalue weighted by Crippen LogP contribution is 2.29.